The van der Waals surface area contributed by atoms with Crippen LogP contribution in [0.5, 0.6) is 0 Å². The van der Waals surface area contributed by atoms with Gasteiger partial charge < -0.3 is 5.32 Å². The zero-order valence-corrected chi connectivity index (χ0v) is 10.2. The molecule has 4 heteroatoms. The molecule has 1 rings (SSSR count). The number of carbonyl (C=O) groups excluding carboxylic acids is 1. The summed E-state index contributed by atoms with van der Waals surface area (Å²) in [4.78, 5) is 11.7. The number of rotatable bonds is 1. The molecule has 0 bridgehead atoms. The standard InChI is InChI=1S/C12H13ClN2O/c1-12(2,3)11(16)15-10-6-9(13)5-4-8(10)7-14/h4-6H,1-3H3,(H,15,16). The molecule has 0 aliphatic carbocycles. The van der Waals surface area contributed by atoms with Gasteiger partial charge in [-0.2, -0.15) is 5.26 Å². The van der Waals surface area contributed by atoms with Gasteiger partial charge in [-0.1, -0.05) is 32.4 Å². The van der Waals surface area contributed by atoms with Gasteiger partial charge in [0, 0.05) is 10.4 Å². The van der Waals surface area contributed by atoms with Crippen molar-refractivity contribution in [1.82, 2.24) is 0 Å². The Bertz CT molecular complexity index is 455. The van der Waals surface area contributed by atoms with Crippen molar-refractivity contribution in [2.75, 3.05) is 5.32 Å². The van der Waals surface area contributed by atoms with E-state index in [9.17, 15) is 4.79 Å². The zero-order chi connectivity index (χ0) is 12.3. The molecule has 0 saturated carbocycles. The molecule has 1 N–H and O–H groups in total. The summed E-state index contributed by atoms with van der Waals surface area (Å²) in [6, 6.07) is 6.78. The first-order valence-electron chi connectivity index (χ1n) is 4.85. The first-order chi connectivity index (χ1) is 7.34. The Morgan fingerprint density at radius 3 is 2.56 bits per heavy atom. The van der Waals surface area contributed by atoms with Crippen LogP contribution in [0.15, 0.2) is 18.2 Å². The average Bonchev–Trinajstić information content (AvgIpc) is 2.16. The summed E-state index contributed by atoms with van der Waals surface area (Å²) in [6.07, 6.45) is 0. The average molecular weight is 237 g/mol. The minimum absolute atomic E-state index is 0.147. The summed E-state index contributed by atoms with van der Waals surface area (Å²) >= 11 is 5.81. The Labute approximate surface area is 100 Å². The number of hydrogen-bond acceptors (Lipinski definition) is 2. The first-order valence-corrected chi connectivity index (χ1v) is 5.23. The number of amides is 1. The zero-order valence-electron chi connectivity index (χ0n) is 9.47. The SMILES string of the molecule is CC(C)(C)C(=O)Nc1cc(Cl)ccc1C#N. The Hall–Kier alpha value is -1.53. The van der Waals surface area contributed by atoms with Crippen LogP contribution in [0.3, 0.4) is 0 Å². The van der Waals surface area contributed by atoms with Crippen LogP contribution in [0.2, 0.25) is 5.02 Å². The van der Waals surface area contributed by atoms with Gasteiger partial charge in [0.1, 0.15) is 6.07 Å². The lowest BCUT2D eigenvalue weighted by Crippen LogP contribution is -2.27. The highest BCUT2D eigenvalue weighted by molar-refractivity contribution is 6.31. The second kappa shape index (κ2) is 4.54. The Kier molecular flexibility index (Phi) is 3.56. The van der Waals surface area contributed by atoms with E-state index < -0.39 is 5.41 Å². The maximum Gasteiger partial charge on any atom is 0.229 e. The molecule has 1 amide bonds. The van der Waals surface area contributed by atoms with Crippen molar-refractivity contribution in [1.29, 1.82) is 5.26 Å². The molecule has 0 unspecified atom stereocenters. The molecule has 0 aliphatic heterocycles. The third kappa shape index (κ3) is 2.98. The van der Waals surface area contributed by atoms with Crippen LogP contribution in [-0.4, -0.2) is 5.91 Å². The molecule has 0 atom stereocenters. The molecule has 1 aromatic rings. The monoisotopic (exact) mass is 236 g/mol. The van der Waals surface area contributed by atoms with Crippen molar-refractivity contribution in [2.24, 2.45) is 5.41 Å². The highest BCUT2D eigenvalue weighted by Gasteiger charge is 2.22. The minimum atomic E-state index is -0.505. The van der Waals surface area contributed by atoms with Crippen LogP contribution in [0, 0.1) is 16.7 Å². The molecule has 0 saturated heterocycles. The fourth-order valence-electron chi connectivity index (χ4n) is 1.03. The van der Waals surface area contributed by atoms with Crippen LogP contribution < -0.4 is 5.32 Å². The lowest BCUT2D eigenvalue weighted by Gasteiger charge is -2.18. The van der Waals surface area contributed by atoms with Gasteiger partial charge in [0.15, 0.2) is 0 Å². The smallest absolute Gasteiger partial charge is 0.229 e. The van der Waals surface area contributed by atoms with Crippen molar-refractivity contribution in [3.63, 3.8) is 0 Å². The number of nitriles is 1. The molecule has 16 heavy (non-hydrogen) atoms. The van der Waals surface area contributed by atoms with E-state index in [0.29, 0.717) is 16.3 Å². The van der Waals surface area contributed by atoms with Crippen LogP contribution in [-0.2, 0) is 4.79 Å². The lowest BCUT2D eigenvalue weighted by atomic mass is 9.95. The molecular weight excluding hydrogens is 224 g/mol. The predicted molar refractivity (Wildman–Crippen MR) is 64.3 cm³/mol. The van der Waals surface area contributed by atoms with Crippen molar-refractivity contribution < 1.29 is 4.79 Å². The lowest BCUT2D eigenvalue weighted by molar-refractivity contribution is -0.123. The predicted octanol–water partition coefficient (Wildman–Crippen LogP) is 3.20. The fourth-order valence-corrected chi connectivity index (χ4v) is 1.20. The number of nitrogens with zero attached hydrogens (tertiary/aromatic N) is 1. The summed E-state index contributed by atoms with van der Waals surface area (Å²) in [5, 5.41) is 12.1. The van der Waals surface area contributed by atoms with Gasteiger partial charge in [0.05, 0.1) is 11.3 Å². The number of anilines is 1. The van der Waals surface area contributed by atoms with Gasteiger partial charge in [-0.25, -0.2) is 0 Å². The minimum Gasteiger partial charge on any atom is -0.324 e. The maximum absolute atomic E-state index is 11.7. The van der Waals surface area contributed by atoms with E-state index in [1.807, 2.05) is 6.07 Å². The molecule has 0 fully saturated rings. The molecule has 0 spiro atoms. The third-order valence-electron chi connectivity index (χ3n) is 2.03. The molecule has 0 aromatic heterocycles. The van der Waals surface area contributed by atoms with Gasteiger partial charge in [0.2, 0.25) is 5.91 Å². The molecule has 3 nitrogen and oxygen atoms in total. The van der Waals surface area contributed by atoms with Crippen LogP contribution in [0.25, 0.3) is 0 Å². The van der Waals surface area contributed by atoms with Crippen molar-refractivity contribution >= 4 is 23.2 Å². The maximum atomic E-state index is 11.7. The van der Waals surface area contributed by atoms with E-state index in [-0.39, 0.29) is 5.91 Å². The fraction of sp³-hybridized carbons (Fsp3) is 0.333. The van der Waals surface area contributed by atoms with Gasteiger partial charge in [-0.3, -0.25) is 4.79 Å². The second-order valence-electron chi connectivity index (χ2n) is 4.51. The molecule has 84 valence electrons. The Morgan fingerprint density at radius 1 is 1.44 bits per heavy atom. The second-order valence-corrected chi connectivity index (χ2v) is 4.94. The van der Waals surface area contributed by atoms with E-state index >= 15 is 0 Å². The topological polar surface area (TPSA) is 52.9 Å². The Balaban J connectivity index is 3.02. The third-order valence-corrected chi connectivity index (χ3v) is 2.27. The van der Waals surface area contributed by atoms with Gasteiger partial charge in [0.25, 0.3) is 0 Å². The van der Waals surface area contributed by atoms with E-state index in [4.69, 9.17) is 16.9 Å². The van der Waals surface area contributed by atoms with Crippen molar-refractivity contribution in [3.8, 4) is 6.07 Å². The first kappa shape index (κ1) is 12.5. The molecular formula is C12H13ClN2O. The molecule has 0 aliphatic rings. The van der Waals surface area contributed by atoms with Crippen LogP contribution in [0.1, 0.15) is 26.3 Å². The van der Waals surface area contributed by atoms with E-state index in [1.165, 1.54) is 0 Å². The summed E-state index contributed by atoms with van der Waals surface area (Å²) in [5.74, 6) is -0.147. The number of hydrogen-bond donors (Lipinski definition) is 1. The number of nitrogens with one attached hydrogen (secondary N) is 1. The largest absolute Gasteiger partial charge is 0.324 e. The van der Waals surface area contributed by atoms with E-state index in [1.54, 1.807) is 39.0 Å². The van der Waals surface area contributed by atoms with Crippen LogP contribution >= 0.6 is 11.6 Å². The quantitative estimate of drug-likeness (QED) is 0.814. The molecule has 0 radical (unpaired) electrons. The number of benzene rings is 1. The van der Waals surface area contributed by atoms with Gasteiger partial charge in [-0.05, 0) is 18.2 Å². The summed E-state index contributed by atoms with van der Waals surface area (Å²) < 4.78 is 0. The van der Waals surface area contributed by atoms with Crippen LogP contribution in [0.4, 0.5) is 5.69 Å². The van der Waals surface area contributed by atoms with E-state index in [2.05, 4.69) is 5.32 Å². The summed E-state index contributed by atoms with van der Waals surface area (Å²) in [7, 11) is 0. The van der Waals surface area contributed by atoms with Gasteiger partial charge >= 0.3 is 0 Å². The molecule has 1 aromatic carbocycles. The van der Waals surface area contributed by atoms with Gasteiger partial charge in [-0.15, -0.1) is 0 Å². The summed E-state index contributed by atoms with van der Waals surface area (Å²) in [6.45, 7) is 5.41. The number of carbonyl (C=O) groups is 1. The number of halogens is 1. The summed E-state index contributed by atoms with van der Waals surface area (Å²) in [5.41, 5.74) is 0.353. The van der Waals surface area contributed by atoms with Crippen molar-refractivity contribution in [2.45, 2.75) is 20.8 Å². The highest BCUT2D eigenvalue weighted by Crippen LogP contribution is 2.23. The van der Waals surface area contributed by atoms with Crippen molar-refractivity contribution in [3.05, 3.63) is 28.8 Å². The van der Waals surface area contributed by atoms with E-state index in [0.717, 1.165) is 0 Å². The molecule has 0 heterocycles. The normalized spacial score (nSPS) is 10.7. The highest BCUT2D eigenvalue weighted by atomic mass is 35.5. The Morgan fingerprint density at radius 2 is 2.06 bits per heavy atom.